The maximum Gasteiger partial charge on any atom is 0.142 e. The first-order chi connectivity index (χ1) is 16.1. The van der Waals surface area contributed by atoms with Crippen molar-refractivity contribution in [2.75, 3.05) is 33.4 Å². The minimum atomic E-state index is -1.01. The molecule has 33 heavy (non-hydrogen) atoms. The zero-order valence-electron chi connectivity index (χ0n) is 18.9. The van der Waals surface area contributed by atoms with Crippen LogP contribution >= 0.6 is 0 Å². The Morgan fingerprint density at radius 3 is 2.70 bits per heavy atom. The van der Waals surface area contributed by atoms with Gasteiger partial charge in [0.15, 0.2) is 0 Å². The third-order valence-corrected chi connectivity index (χ3v) is 7.06. The highest BCUT2D eigenvalue weighted by atomic mass is 16.5. The molecule has 1 aromatic carbocycles. The fourth-order valence-electron chi connectivity index (χ4n) is 5.04. The molecule has 5 rings (SSSR count). The molecule has 0 saturated carbocycles. The highest BCUT2D eigenvalue weighted by Crippen LogP contribution is 2.43. The van der Waals surface area contributed by atoms with Crippen LogP contribution in [0.15, 0.2) is 58.4 Å². The highest BCUT2D eigenvalue weighted by Gasteiger charge is 2.38. The molecule has 1 fully saturated rings. The lowest BCUT2D eigenvalue weighted by Crippen LogP contribution is -2.43. The zero-order valence-corrected chi connectivity index (χ0v) is 18.9. The number of piperidine rings is 1. The van der Waals surface area contributed by atoms with Crippen molar-refractivity contribution in [3.05, 3.63) is 70.6 Å². The maximum absolute atomic E-state index is 11.5. The number of aryl methyl sites for hydroxylation is 1. The lowest BCUT2D eigenvalue weighted by Gasteiger charge is -2.36. The van der Waals surface area contributed by atoms with E-state index in [1.807, 2.05) is 30.3 Å². The molecule has 2 aromatic heterocycles. The van der Waals surface area contributed by atoms with Gasteiger partial charge in [0.1, 0.15) is 23.2 Å². The first kappa shape index (κ1) is 21.9. The number of benzene rings is 1. The number of likely N-dealkylation sites (tertiary alicyclic amines) is 1. The first-order valence-electron chi connectivity index (χ1n) is 11.6. The summed E-state index contributed by atoms with van der Waals surface area (Å²) in [6.45, 7) is 3.14. The van der Waals surface area contributed by atoms with Crippen LogP contribution in [-0.4, -0.2) is 48.3 Å². The molecule has 1 N–H and O–H groups in total. The quantitative estimate of drug-likeness (QED) is 0.529. The number of nitroso groups, excluding NO2 is 1. The van der Waals surface area contributed by atoms with Crippen molar-refractivity contribution >= 4 is 0 Å². The monoisotopic (exact) mass is 447 g/mol. The Kier molecular flexibility index (Phi) is 6.10. The second-order valence-corrected chi connectivity index (χ2v) is 9.03. The van der Waals surface area contributed by atoms with E-state index in [1.54, 1.807) is 19.5 Å². The number of rotatable bonds is 7. The molecule has 0 spiro atoms. The summed E-state index contributed by atoms with van der Waals surface area (Å²) < 4.78 is 11.6. The molecule has 1 unspecified atom stereocenters. The molecule has 1 aliphatic carbocycles. The highest BCUT2D eigenvalue weighted by molar-refractivity contribution is 5.81. The molecule has 1 saturated heterocycles. The van der Waals surface area contributed by atoms with Crippen LogP contribution in [0.25, 0.3) is 22.5 Å². The van der Waals surface area contributed by atoms with Gasteiger partial charge in [0, 0.05) is 50.3 Å². The third kappa shape index (κ3) is 4.24. The van der Waals surface area contributed by atoms with Gasteiger partial charge in [0.2, 0.25) is 0 Å². The van der Waals surface area contributed by atoms with Crippen molar-refractivity contribution in [2.24, 2.45) is 5.18 Å². The van der Waals surface area contributed by atoms with Gasteiger partial charge in [-0.05, 0) is 60.6 Å². The van der Waals surface area contributed by atoms with Crippen LogP contribution in [0, 0.1) is 4.91 Å². The van der Waals surface area contributed by atoms with E-state index in [0.717, 1.165) is 66.1 Å². The summed E-state index contributed by atoms with van der Waals surface area (Å²) in [6, 6.07) is 11.8. The van der Waals surface area contributed by atoms with E-state index in [-0.39, 0.29) is 6.04 Å². The number of hydrogen-bond donors (Lipinski definition) is 1. The van der Waals surface area contributed by atoms with Crippen molar-refractivity contribution in [1.82, 2.24) is 9.88 Å². The summed E-state index contributed by atoms with van der Waals surface area (Å²) in [4.78, 5) is 17.6. The number of methoxy groups -OCH3 is 1. The molecular formula is C26H29N3O4. The van der Waals surface area contributed by atoms with Gasteiger partial charge in [0.05, 0.1) is 6.61 Å². The Hall–Kier alpha value is -2.87. The van der Waals surface area contributed by atoms with Gasteiger partial charge in [-0.15, -0.1) is 0 Å². The van der Waals surface area contributed by atoms with Crippen LogP contribution in [-0.2, 0) is 16.8 Å². The summed E-state index contributed by atoms with van der Waals surface area (Å²) >= 11 is 0. The maximum atomic E-state index is 11.5. The smallest absolute Gasteiger partial charge is 0.142 e. The van der Waals surface area contributed by atoms with Gasteiger partial charge in [-0.2, -0.15) is 4.91 Å². The van der Waals surface area contributed by atoms with E-state index in [4.69, 9.17) is 9.15 Å². The van der Waals surface area contributed by atoms with E-state index in [1.165, 1.54) is 0 Å². The number of pyridine rings is 1. The van der Waals surface area contributed by atoms with Crippen LogP contribution in [0.3, 0.4) is 0 Å². The molecule has 1 aliphatic heterocycles. The Morgan fingerprint density at radius 2 is 1.97 bits per heavy atom. The first-order valence-corrected chi connectivity index (χ1v) is 11.6. The zero-order chi connectivity index (χ0) is 22.8. The van der Waals surface area contributed by atoms with Crippen LogP contribution in [0.4, 0.5) is 0 Å². The van der Waals surface area contributed by atoms with Crippen molar-refractivity contribution in [1.29, 1.82) is 0 Å². The molecular weight excluding hydrogens is 418 g/mol. The molecule has 0 amide bonds. The van der Waals surface area contributed by atoms with Crippen molar-refractivity contribution in [3.63, 3.8) is 0 Å². The van der Waals surface area contributed by atoms with Crippen LogP contribution in [0.5, 0.6) is 0 Å². The minimum Gasteiger partial charge on any atom is -0.457 e. The Morgan fingerprint density at radius 1 is 1.18 bits per heavy atom. The molecule has 1 atom stereocenters. The van der Waals surface area contributed by atoms with E-state index in [9.17, 15) is 10.0 Å². The number of aliphatic hydroxyl groups is 1. The van der Waals surface area contributed by atoms with E-state index < -0.39 is 5.60 Å². The lowest BCUT2D eigenvalue weighted by atomic mass is 9.88. The number of aromatic nitrogens is 1. The van der Waals surface area contributed by atoms with Crippen LogP contribution in [0.2, 0.25) is 0 Å². The Labute approximate surface area is 193 Å². The van der Waals surface area contributed by atoms with Gasteiger partial charge < -0.3 is 19.2 Å². The predicted molar refractivity (Wildman–Crippen MR) is 126 cm³/mol. The molecule has 7 nitrogen and oxygen atoms in total. The van der Waals surface area contributed by atoms with Crippen molar-refractivity contribution < 1.29 is 14.3 Å². The number of hydrogen-bond acceptors (Lipinski definition) is 7. The summed E-state index contributed by atoms with van der Waals surface area (Å²) in [5.41, 5.74) is 4.04. The van der Waals surface area contributed by atoms with Gasteiger partial charge >= 0.3 is 0 Å². The van der Waals surface area contributed by atoms with Crippen LogP contribution in [0.1, 0.15) is 42.2 Å². The molecule has 7 heteroatoms. The fraction of sp³-hybridized carbons (Fsp3) is 0.423. The number of furan rings is 1. The lowest BCUT2D eigenvalue weighted by molar-refractivity contribution is -0.0445. The normalized spacial score (nSPS) is 20.0. The Balaban J connectivity index is 1.50. The minimum absolute atomic E-state index is 0.252. The third-order valence-electron chi connectivity index (χ3n) is 7.06. The average molecular weight is 448 g/mol. The molecule has 3 heterocycles. The van der Waals surface area contributed by atoms with Crippen molar-refractivity contribution in [2.45, 2.75) is 37.3 Å². The second-order valence-electron chi connectivity index (χ2n) is 9.03. The van der Waals surface area contributed by atoms with Gasteiger partial charge in [-0.25, -0.2) is 0 Å². The number of ether oxygens (including phenoxy) is 1. The molecule has 2 aliphatic rings. The standard InChI is InChI=1S/C26H29N3O4/c1-32-15-14-29-12-8-26(30,9-13-29)24-17-22(25(33-24)18-6-10-27-11-7-18)20-2-4-21-19(16-20)3-5-23(21)28-31/h2,4,6-7,10-11,16-17,23,30H,3,5,8-9,12-15H2,1H3. The van der Waals surface area contributed by atoms with Gasteiger partial charge in [-0.1, -0.05) is 23.4 Å². The average Bonchev–Trinajstić information content (AvgIpc) is 3.49. The summed E-state index contributed by atoms with van der Waals surface area (Å²) in [5, 5.41) is 14.8. The number of fused-ring (bicyclic) bond motifs is 1. The van der Waals surface area contributed by atoms with E-state index in [0.29, 0.717) is 25.2 Å². The molecule has 3 aromatic rings. The molecule has 0 bridgehead atoms. The SMILES string of the molecule is COCCN1CCC(O)(c2cc(-c3ccc4c(c3)CCC4N=O)c(-c3ccncc3)o2)CC1. The topological polar surface area (TPSA) is 88.2 Å². The van der Waals surface area contributed by atoms with Gasteiger partial charge in [0.25, 0.3) is 0 Å². The largest absolute Gasteiger partial charge is 0.457 e. The predicted octanol–water partition coefficient (Wildman–Crippen LogP) is 4.69. The summed E-state index contributed by atoms with van der Waals surface area (Å²) in [6.07, 6.45) is 6.30. The summed E-state index contributed by atoms with van der Waals surface area (Å²) in [5.74, 6) is 1.33. The molecule has 172 valence electrons. The van der Waals surface area contributed by atoms with E-state index >= 15 is 0 Å². The number of nitrogens with zero attached hydrogens (tertiary/aromatic N) is 3. The Bertz CT molecular complexity index is 1120. The van der Waals surface area contributed by atoms with E-state index in [2.05, 4.69) is 21.1 Å². The van der Waals surface area contributed by atoms with Crippen LogP contribution < -0.4 is 0 Å². The fourth-order valence-corrected chi connectivity index (χ4v) is 5.04. The second kappa shape index (κ2) is 9.17. The molecule has 0 radical (unpaired) electrons. The van der Waals surface area contributed by atoms with Gasteiger partial charge in [-0.3, -0.25) is 4.98 Å². The van der Waals surface area contributed by atoms with Crippen molar-refractivity contribution in [3.8, 4) is 22.5 Å². The summed E-state index contributed by atoms with van der Waals surface area (Å²) in [7, 11) is 1.71.